The molecule has 0 unspecified atom stereocenters. The molecular formula is C22H19N7O. The van der Waals surface area contributed by atoms with Crippen LogP contribution >= 0.6 is 0 Å². The molecule has 3 aromatic heterocycles. The van der Waals surface area contributed by atoms with Crippen LogP contribution in [-0.2, 0) is 0 Å². The van der Waals surface area contributed by atoms with Crippen molar-refractivity contribution in [2.45, 2.75) is 13.0 Å². The monoisotopic (exact) mass is 397 g/mol. The van der Waals surface area contributed by atoms with Crippen molar-refractivity contribution >= 4 is 27.9 Å². The maximum Gasteiger partial charge on any atom is 0.159 e. The Morgan fingerprint density at radius 2 is 1.97 bits per heavy atom. The maximum absolute atomic E-state index is 9.85. The van der Waals surface area contributed by atoms with E-state index in [4.69, 9.17) is 0 Å². The Morgan fingerprint density at radius 1 is 1.03 bits per heavy atom. The summed E-state index contributed by atoms with van der Waals surface area (Å²) in [6.45, 7) is 1.98. The van der Waals surface area contributed by atoms with E-state index < -0.39 is 0 Å². The van der Waals surface area contributed by atoms with E-state index in [2.05, 4.69) is 35.5 Å². The third-order valence-electron chi connectivity index (χ3n) is 5.01. The quantitative estimate of drug-likeness (QED) is 0.416. The smallest absolute Gasteiger partial charge is 0.159 e. The van der Waals surface area contributed by atoms with Crippen LogP contribution in [-0.4, -0.2) is 41.8 Å². The van der Waals surface area contributed by atoms with Crippen molar-refractivity contribution in [3.63, 3.8) is 0 Å². The number of nitrogens with one attached hydrogen (secondary N) is 2. The van der Waals surface area contributed by atoms with Gasteiger partial charge in [0.25, 0.3) is 0 Å². The molecule has 30 heavy (non-hydrogen) atoms. The Kier molecular flexibility index (Phi) is 4.53. The third-order valence-corrected chi connectivity index (χ3v) is 5.01. The molecule has 3 N–H and O–H groups in total. The van der Waals surface area contributed by atoms with E-state index in [1.165, 1.54) is 6.33 Å². The summed E-state index contributed by atoms with van der Waals surface area (Å²) in [4.78, 5) is 17.8. The average Bonchev–Trinajstić information content (AvgIpc) is 3.26. The van der Waals surface area contributed by atoms with Gasteiger partial charge in [-0.15, -0.1) is 0 Å². The van der Waals surface area contributed by atoms with Crippen LogP contribution in [0.5, 0.6) is 0 Å². The van der Waals surface area contributed by atoms with Crippen LogP contribution in [0.15, 0.2) is 61.2 Å². The minimum Gasteiger partial charge on any atom is -0.394 e. The highest BCUT2D eigenvalue weighted by molar-refractivity contribution is 5.92. The lowest BCUT2D eigenvalue weighted by molar-refractivity contribution is 0.276. The van der Waals surface area contributed by atoms with Crippen LogP contribution in [0, 0.1) is 6.92 Å². The number of H-pyrrole nitrogens is 1. The average molecular weight is 397 g/mol. The van der Waals surface area contributed by atoms with Gasteiger partial charge in [0.05, 0.1) is 47.2 Å². The van der Waals surface area contributed by atoms with Gasteiger partial charge in [-0.1, -0.05) is 35.9 Å². The van der Waals surface area contributed by atoms with Crippen molar-refractivity contribution in [2.75, 3.05) is 11.9 Å². The summed E-state index contributed by atoms with van der Waals surface area (Å²) in [5.74, 6) is 0.607. The summed E-state index contributed by atoms with van der Waals surface area (Å²) in [6, 6.07) is 13.6. The minimum atomic E-state index is -0.258. The van der Waals surface area contributed by atoms with Crippen molar-refractivity contribution in [3.8, 4) is 11.3 Å². The first-order valence-corrected chi connectivity index (χ1v) is 9.56. The molecule has 0 aliphatic heterocycles. The lowest BCUT2D eigenvalue weighted by atomic mass is 10.1. The highest BCUT2D eigenvalue weighted by Gasteiger charge is 2.13. The Bertz CT molecular complexity index is 1350. The number of hydrogen-bond donors (Lipinski definition) is 3. The molecule has 5 aromatic rings. The van der Waals surface area contributed by atoms with Crippen molar-refractivity contribution in [2.24, 2.45) is 0 Å². The summed E-state index contributed by atoms with van der Waals surface area (Å²) >= 11 is 0. The first-order chi connectivity index (χ1) is 14.7. The van der Waals surface area contributed by atoms with Crippen molar-refractivity contribution in [3.05, 3.63) is 72.3 Å². The van der Waals surface area contributed by atoms with Crippen LogP contribution in [0.25, 0.3) is 33.3 Å². The predicted molar refractivity (Wildman–Crippen MR) is 115 cm³/mol. The Balaban J connectivity index is 1.47. The second-order valence-electron chi connectivity index (χ2n) is 7.11. The fourth-order valence-corrected chi connectivity index (χ4v) is 3.52. The van der Waals surface area contributed by atoms with E-state index in [9.17, 15) is 5.11 Å². The topological polar surface area (TPSA) is 112 Å². The number of aliphatic hydroxyl groups is 1. The molecule has 2 aromatic carbocycles. The van der Waals surface area contributed by atoms with Crippen LogP contribution in [0.1, 0.15) is 17.2 Å². The zero-order valence-electron chi connectivity index (χ0n) is 16.2. The van der Waals surface area contributed by atoms with Crippen molar-refractivity contribution in [1.82, 2.24) is 30.1 Å². The third kappa shape index (κ3) is 3.33. The van der Waals surface area contributed by atoms with Crippen LogP contribution in [0.3, 0.4) is 0 Å². The van der Waals surface area contributed by atoms with E-state index in [0.29, 0.717) is 11.5 Å². The van der Waals surface area contributed by atoms with Gasteiger partial charge in [-0.05, 0) is 24.6 Å². The first-order valence-electron chi connectivity index (χ1n) is 9.56. The number of aliphatic hydroxyl groups excluding tert-OH is 1. The summed E-state index contributed by atoms with van der Waals surface area (Å²) in [5, 5.41) is 20.9. The molecule has 0 aliphatic carbocycles. The van der Waals surface area contributed by atoms with Gasteiger partial charge < -0.3 is 10.4 Å². The molecule has 3 heterocycles. The maximum atomic E-state index is 9.85. The number of aromatic amines is 1. The molecule has 5 rings (SSSR count). The molecule has 1 atom stereocenters. The standard InChI is InChI=1S/C22H19N7O/c1-13-3-2-4-14(7-13)19(11-30)28-20-10-23-18-8-15(5-6-17(18)27-20)21-16-9-26-29-22(16)25-12-24-21/h2-10,12,19,30H,11H2,1H3,(H,27,28)(H,24,25,26,29)/t19-/m1/s1. The van der Waals surface area contributed by atoms with E-state index in [1.807, 2.05) is 49.4 Å². The molecule has 0 saturated carbocycles. The highest BCUT2D eigenvalue weighted by atomic mass is 16.3. The fraction of sp³-hybridized carbons (Fsp3) is 0.136. The van der Waals surface area contributed by atoms with Gasteiger partial charge in [0.2, 0.25) is 0 Å². The number of fused-ring (bicyclic) bond motifs is 2. The number of benzene rings is 2. The van der Waals surface area contributed by atoms with Gasteiger partial charge in [0, 0.05) is 5.56 Å². The fourth-order valence-electron chi connectivity index (χ4n) is 3.52. The van der Waals surface area contributed by atoms with Crippen molar-refractivity contribution in [1.29, 1.82) is 0 Å². The van der Waals surface area contributed by atoms with E-state index in [1.54, 1.807) is 12.4 Å². The zero-order chi connectivity index (χ0) is 20.5. The molecule has 0 fully saturated rings. The lowest BCUT2D eigenvalue weighted by Crippen LogP contribution is -2.16. The largest absolute Gasteiger partial charge is 0.394 e. The van der Waals surface area contributed by atoms with E-state index >= 15 is 0 Å². The number of aryl methyl sites for hydroxylation is 1. The van der Waals surface area contributed by atoms with Gasteiger partial charge >= 0.3 is 0 Å². The number of aromatic nitrogens is 6. The molecule has 8 nitrogen and oxygen atoms in total. The van der Waals surface area contributed by atoms with Gasteiger partial charge in [0.15, 0.2) is 5.65 Å². The highest BCUT2D eigenvalue weighted by Crippen LogP contribution is 2.27. The minimum absolute atomic E-state index is 0.0451. The zero-order valence-corrected chi connectivity index (χ0v) is 16.2. The normalized spacial score (nSPS) is 12.3. The van der Waals surface area contributed by atoms with Crippen LogP contribution < -0.4 is 5.32 Å². The summed E-state index contributed by atoms with van der Waals surface area (Å²) in [5.41, 5.74) is 6.05. The van der Waals surface area contributed by atoms with Gasteiger partial charge in [-0.25, -0.2) is 15.0 Å². The molecule has 0 spiro atoms. The number of anilines is 1. The summed E-state index contributed by atoms with van der Waals surface area (Å²) in [6.07, 6.45) is 4.91. The lowest BCUT2D eigenvalue weighted by Gasteiger charge is -2.18. The molecule has 8 heteroatoms. The second-order valence-corrected chi connectivity index (χ2v) is 7.11. The predicted octanol–water partition coefficient (Wildman–Crippen LogP) is 3.42. The Hall–Kier alpha value is -3.91. The van der Waals surface area contributed by atoms with Gasteiger partial charge in [-0.2, -0.15) is 5.10 Å². The molecule has 0 bridgehead atoms. The second kappa shape index (κ2) is 7.49. The summed E-state index contributed by atoms with van der Waals surface area (Å²) in [7, 11) is 0. The van der Waals surface area contributed by atoms with Crippen LogP contribution in [0.2, 0.25) is 0 Å². The molecule has 0 amide bonds. The molecule has 0 saturated heterocycles. The summed E-state index contributed by atoms with van der Waals surface area (Å²) < 4.78 is 0. The molecule has 0 radical (unpaired) electrons. The van der Waals surface area contributed by atoms with Crippen LogP contribution in [0.4, 0.5) is 5.82 Å². The molecule has 148 valence electrons. The number of rotatable bonds is 5. The Labute approximate surface area is 172 Å². The molecular weight excluding hydrogens is 378 g/mol. The number of nitrogens with zero attached hydrogens (tertiary/aromatic N) is 5. The van der Waals surface area contributed by atoms with Crippen molar-refractivity contribution < 1.29 is 5.11 Å². The SMILES string of the molecule is Cc1cccc([C@@H](CO)Nc2cnc3cc(-c4ncnc5[nH]ncc45)ccc3n2)c1. The number of hydrogen-bond acceptors (Lipinski definition) is 7. The van der Waals surface area contributed by atoms with Gasteiger partial charge in [0.1, 0.15) is 12.1 Å². The Morgan fingerprint density at radius 3 is 2.83 bits per heavy atom. The van der Waals surface area contributed by atoms with Gasteiger partial charge in [-0.3, -0.25) is 10.1 Å². The first kappa shape index (κ1) is 18.1. The molecule has 0 aliphatic rings. The van der Waals surface area contributed by atoms with E-state index in [-0.39, 0.29) is 12.6 Å². The van der Waals surface area contributed by atoms with E-state index in [0.717, 1.165) is 38.8 Å².